The van der Waals surface area contributed by atoms with Gasteiger partial charge in [-0.3, -0.25) is 0 Å². The highest BCUT2D eigenvalue weighted by atomic mass is 16.5. The van der Waals surface area contributed by atoms with E-state index >= 15 is 0 Å². The first-order valence-electron chi connectivity index (χ1n) is 6.03. The molecule has 0 saturated heterocycles. The summed E-state index contributed by atoms with van der Waals surface area (Å²) in [6.07, 6.45) is 4.73. The summed E-state index contributed by atoms with van der Waals surface area (Å²) in [5.41, 5.74) is 0.812. The van der Waals surface area contributed by atoms with Crippen LogP contribution >= 0.6 is 0 Å². The molecule has 0 saturated carbocycles. The molecule has 98 valence electrons. The molecule has 1 aromatic rings. The van der Waals surface area contributed by atoms with E-state index in [2.05, 4.69) is 32.0 Å². The molecule has 1 unspecified atom stereocenters. The number of benzene rings is 1. The smallest absolute Gasteiger partial charge is 0.119 e. The molecule has 0 aliphatic rings. The maximum absolute atomic E-state index is 9.75. The third kappa shape index (κ3) is 5.72. The maximum atomic E-state index is 9.75. The molecule has 18 heavy (non-hydrogen) atoms. The van der Waals surface area contributed by atoms with Crippen LogP contribution in [-0.4, -0.2) is 29.9 Å². The summed E-state index contributed by atoms with van der Waals surface area (Å²) >= 11 is 0. The van der Waals surface area contributed by atoms with Gasteiger partial charge in [0.05, 0.1) is 0 Å². The molecule has 0 aromatic heterocycles. The van der Waals surface area contributed by atoms with E-state index < -0.39 is 6.10 Å². The third-order valence-electron chi connectivity index (χ3n) is 2.33. The number of aliphatic hydroxyl groups is 1. The first-order valence-corrected chi connectivity index (χ1v) is 6.03. The van der Waals surface area contributed by atoms with E-state index in [0.29, 0.717) is 12.3 Å². The Balaban J connectivity index is 2.33. The number of hydrogen-bond acceptors (Lipinski definition) is 3. The molecule has 0 radical (unpaired) electrons. The lowest BCUT2D eigenvalue weighted by atomic mass is 10.1. The van der Waals surface area contributed by atoms with Crippen molar-refractivity contribution in [2.24, 2.45) is 0 Å². The molecule has 2 N–H and O–H groups in total. The van der Waals surface area contributed by atoms with E-state index in [-0.39, 0.29) is 12.1 Å². The van der Waals surface area contributed by atoms with Crippen LogP contribution in [-0.2, 0) is 0 Å². The van der Waals surface area contributed by atoms with Gasteiger partial charge in [-0.15, -0.1) is 6.42 Å². The molecule has 3 nitrogen and oxygen atoms in total. The highest BCUT2D eigenvalue weighted by molar-refractivity contribution is 5.36. The number of aliphatic hydroxyl groups excluding tert-OH is 1. The van der Waals surface area contributed by atoms with Gasteiger partial charge in [-0.2, -0.15) is 0 Å². The zero-order valence-corrected chi connectivity index (χ0v) is 11.2. The molecule has 1 atom stereocenters. The van der Waals surface area contributed by atoms with E-state index in [4.69, 9.17) is 11.2 Å². The van der Waals surface area contributed by atoms with Crippen molar-refractivity contribution in [2.45, 2.75) is 32.4 Å². The maximum Gasteiger partial charge on any atom is 0.119 e. The van der Waals surface area contributed by atoms with Crippen molar-refractivity contribution in [2.75, 3.05) is 13.2 Å². The summed E-state index contributed by atoms with van der Waals surface area (Å²) in [4.78, 5) is 0. The Morgan fingerprint density at radius 1 is 1.33 bits per heavy atom. The molecule has 0 amide bonds. The van der Waals surface area contributed by atoms with Crippen LogP contribution in [0.5, 0.6) is 5.75 Å². The van der Waals surface area contributed by atoms with Crippen LogP contribution in [0.25, 0.3) is 0 Å². The molecule has 0 bridgehead atoms. The van der Waals surface area contributed by atoms with Crippen LogP contribution in [0.2, 0.25) is 0 Å². The van der Waals surface area contributed by atoms with Gasteiger partial charge in [0.15, 0.2) is 0 Å². The van der Waals surface area contributed by atoms with Gasteiger partial charge in [0, 0.05) is 17.6 Å². The molecule has 0 aliphatic heterocycles. The Morgan fingerprint density at radius 3 is 2.44 bits per heavy atom. The minimum absolute atomic E-state index is 0.00454. The predicted octanol–water partition coefficient (Wildman–Crippen LogP) is 1.80. The molecule has 1 aromatic carbocycles. The Bertz CT molecular complexity index is 398. The van der Waals surface area contributed by atoms with Gasteiger partial charge >= 0.3 is 0 Å². The van der Waals surface area contributed by atoms with Crippen molar-refractivity contribution >= 4 is 0 Å². The van der Waals surface area contributed by atoms with Crippen LogP contribution in [0, 0.1) is 12.3 Å². The van der Waals surface area contributed by atoms with Crippen molar-refractivity contribution in [3.8, 4) is 18.1 Å². The Hall–Kier alpha value is -1.50. The van der Waals surface area contributed by atoms with Crippen LogP contribution < -0.4 is 10.1 Å². The van der Waals surface area contributed by atoms with E-state index in [1.807, 2.05) is 12.1 Å². The summed E-state index contributed by atoms with van der Waals surface area (Å²) < 4.78 is 5.47. The molecule has 3 heteroatoms. The fourth-order valence-corrected chi connectivity index (χ4v) is 1.32. The molecule has 0 spiro atoms. The molecular formula is C15H21NO2. The van der Waals surface area contributed by atoms with Crippen molar-refractivity contribution in [1.29, 1.82) is 0 Å². The molecule has 0 fully saturated rings. The van der Waals surface area contributed by atoms with Gasteiger partial charge in [0.1, 0.15) is 18.5 Å². The molecule has 0 heterocycles. The van der Waals surface area contributed by atoms with Crippen molar-refractivity contribution in [3.05, 3.63) is 29.8 Å². The minimum atomic E-state index is -0.531. The lowest BCUT2D eigenvalue weighted by molar-refractivity contribution is 0.100. The van der Waals surface area contributed by atoms with Crippen molar-refractivity contribution < 1.29 is 9.84 Å². The quantitative estimate of drug-likeness (QED) is 0.780. The second kappa shape index (κ2) is 6.44. The van der Waals surface area contributed by atoms with Gasteiger partial charge in [-0.25, -0.2) is 0 Å². The minimum Gasteiger partial charge on any atom is -0.491 e. The fourth-order valence-electron chi connectivity index (χ4n) is 1.32. The van der Waals surface area contributed by atoms with Crippen LogP contribution in [0.3, 0.4) is 0 Å². The number of terminal acetylenes is 1. The molecular weight excluding hydrogens is 226 g/mol. The SMILES string of the molecule is C#Cc1ccc(OCC(O)CNC(C)(C)C)cc1. The predicted molar refractivity (Wildman–Crippen MR) is 73.6 cm³/mol. The zero-order chi connectivity index (χ0) is 13.6. The average Bonchev–Trinajstić information content (AvgIpc) is 2.33. The Labute approximate surface area is 109 Å². The second-order valence-electron chi connectivity index (χ2n) is 5.26. The summed E-state index contributed by atoms with van der Waals surface area (Å²) in [5, 5.41) is 13.0. The first kappa shape index (κ1) is 14.6. The van der Waals surface area contributed by atoms with Gasteiger partial charge < -0.3 is 15.2 Å². The van der Waals surface area contributed by atoms with Gasteiger partial charge in [0.2, 0.25) is 0 Å². The van der Waals surface area contributed by atoms with Crippen molar-refractivity contribution in [3.63, 3.8) is 0 Å². The lowest BCUT2D eigenvalue weighted by Gasteiger charge is -2.22. The summed E-state index contributed by atoms with van der Waals surface area (Å²) in [5.74, 6) is 3.25. The second-order valence-corrected chi connectivity index (χ2v) is 5.26. The van der Waals surface area contributed by atoms with Crippen LogP contribution in [0.15, 0.2) is 24.3 Å². The Kier molecular flexibility index (Phi) is 5.21. The summed E-state index contributed by atoms with van der Waals surface area (Å²) in [6.45, 7) is 6.93. The van der Waals surface area contributed by atoms with E-state index in [0.717, 1.165) is 5.56 Å². The van der Waals surface area contributed by atoms with Crippen LogP contribution in [0.4, 0.5) is 0 Å². The van der Waals surface area contributed by atoms with E-state index in [1.54, 1.807) is 12.1 Å². The lowest BCUT2D eigenvalue weighted by Crippen LogP contribution is -2.42. The molecule has 0 aliphatic carbocycles. The largest absolute Gasteiger partial charge is 0.491 e. The highest BCUT2D eigenvalue weighted by Gasteiger charge is 2.12. The monoisotopic (exact) mass is 247 g/mol. The topological polar surface area (TPSA) is 41.5 Å². The standard InChI is InChI=1S/C15H21NO2/c1-5-12-6-8-14(9-7-12)18-11-13(17)10-16-15(2,3)4/h1,6-9,13,16-17H,10-11H2,2-4H3. The number of β-amino-alcohol motifs (C(OH)–C–C–N with tert-alkyl or cyclic N) is 1. The number of hydrogen-bond donors (Lipinski definition) is 2. The third-order valence-corrected chi connectivity index (χ3v) is 2.33. The fraction of sp³-hybridized carbons (Fsp3) is 0.467. The summed E-state index contributed by atoms with van der Waals surface area (Å²) in [7, 11) is 0. The summed E-state index contributed by atoms with van der Waals surface area (Å²) in [6, 6.07) is 7.24. The van der Waals surface area contributed by atoms with E-state index in [9.17, 15) is 5.11 Å². The molecule has 1 rings (SSSR count). The van der Waals surface area contributed by atoms with Crippen LogP contribution in [0.1, 0.15) is 26.3 Å². The Morgan fingerprint density at radius 2 is 1.94 bits per heavy atom. The number of rotatable bonds is 5. The zero-order valence-electron chi connectivity index (χ0n) is 11.2. The average molecular weight is 247 g/mol. The van der Waals surface area contributed by atoms with E-state index in [1.165, 1.54) is 0 Å². The normalized spacial score (nSPS) is 12.8. The van der Waals surface area contributed by atoms with Crippen molar-refractivity contribution in [1.82, 2.24) is 5.32 Å². The number of nitrogens with one attached hydrogen (secondary N) is 1. The first-order chi connectivity index (χ1) is 8.40. The van der Waals surface area contributed by atoms with Gasteiger partial charge in [-0.1, -0.05) is 5.92 Å². The van der Waals surface area contributed by atoms with Gasteiger partial charge in [0.25, 0.3) is 0 Å². The number of ether oxygens (including phenoxy) is 1. The van der Waals surface area contributed by atoms with Gasteiger partial charge in [-0.05, 0) is 45.0 Å². The highest BCUT2D eigenvalue weighted by Crippen LogP contribution is 2.11.